The quantitative estimate of drug-likeness (QED) is 0.827. The van der Waals surface area contributed by atoms with Crippen molar-refractivity contribution in [2.24, 2.45) is 0 Å². The normalized spacial score (nSPS) is 11.7. The van der Waals surface area contributed by atoms with Crippen molar-refractivity contribution in [2.75, 3.05) is 0 Å². The summed E-state index contributed by atoms with van der Waals surface area (Å²) in [4.78, 5) is 0. The monoisotopic (exact) mass is 283 g/mol. The highest BCUT2D eigenvalue weighted by atomic mass is 35.5. The van der Waals surface area contributed by atoms with Crippen molar-refractivity contribution in [1.29, 1.82) is 5.26 Å². The molecule has 0 amide bonds. The van der Waals surface area contributed by atoms with E-state index < -0.39 is 0 Å². The highest BCUT2D eigenvalue weighted by Crippen LogP contribution is 2.24. The number of nitriles is 1. The molecule has 0 aliphatic carbocycles. The third-order valence-electron chi connectivity index (χ3n) is 3.07. The Morgan fingerprint density at radius 2 is 1.90 bits per heavy atom. The van der Waals surface area contributed by atoms with Crippen molar-refractivity contribution >= 4 is 17.2 Å². The van der Waals surface area contributed by atoms with Gasteiger partial charge in [0.2, 0.25) is 0 Å². The summed E-state index contributed by atoms with van der Waals surface area (Å²) in [5.41, 5.74) is 3.31. The Bertz CT molecular complexity index is 677. The number of benzene rings is 2. The minimum Gasteiger partial charge on any atom is -0.512 e. The molecule has 2 aromatic carbocycles. The van der Waals surface area contributed by atoms with Crippen molar-refractivity contribution in [3.05, 3.63) is 76.0 Å². The molecule has 0 bridgehead atoms. The summed E-state index contributed by atoms with van der Waals surface area (Å²) in [5, 5.41) is 19.6. The van der Waals surface area contributed by atoms with Gasteiger partial charge in [-0.25, -0.2) is 0 Å². The average molecular weight is 284 g/mol. The lowest BCUT2D eigenvalue weighted by Gasteiger charge is -2.10. The zero-order chi connectivity index (χ0) is 14.5. The molecular formula is C17H14ClNO. The Hall–Kier alpha value is -2.24. The van der Waals surface area contributed by atoms with Crippen LogP contribution in [0.15, 0.2) is 54.3 Å². The fraction of sp³-hybridized carbons (Fsp3) is 0.118. The number of aliphatic hydroxyl groups excluding tert-OH is 1. The predicted molar refractivity (Wildman–Crippen MR) is 81.5 cm³/mol. The van der Waals surface area contributed by atoms with Gasteiger partial charge in [-0.2, -0.15) is 5.26 Å². The molecule has 100 valence electrons. The second-order valence-corrected chi connectivity index (χ2v) is 5.00. The first kappa shape index (κ1) is 14.2. The Labute approximate surface area is 123 Å². The SMILES string of the molecule is C/C(O)=C(\Cc1ccc(Cl)cc1)c1cccc(C#N)c1. The Morgan fingerprint density at radius 3 is 2.50 bits per heavy atom. The number of aliphatic hydroxyl groups is 1. The highest BCUT2D eigenvalue weighted by Gasteiger charge is 2.08. The van der Waals surface area contributed by atoms with Gasteiger partial charge in [0.05, 0.1) is 17.4 Å². The summed E-state index contributed by atoms with van der Waals surface area (Å²) in [6.07, 6.45) is 0.592. The summed E-state index contributed by atoms with van der Waals surface area (Å²) in [6.45, 7) is 1.66. The van der Waals surface area contributed by atoms with Gasteiger partial charge in [0, 0.05) is 17.0 Å². The number of hydrogen-bond donors (Lipinski definition) is 1. The molecule has 2 nitrogen and oxygen atoms in total. The van der Waals surface area contributed by atoms with Crippen LogP contribution >= 0.6 is 11.6 Å². The van der Waals surface area contributed by atoms with Crippen LogP contribution in [0.2, 0.25) is 5.02 Å². The molecule has 2 aromatic rings. The molecule has 0 atom stereocenters. The van der Waals surface area contributed by atoms with Crippen LogP contribution in [0.4, 0.5) is 0 Å². The van der Waals surface area contributed by atoms with Crippen LogP contribution in [-0.4, -0.2) is 5.11 Å². The Balaban J connectivity index is 2.36. The third kappa shape index (κ3) is 3.40. The van der Waals surface area contributed by atoms with Crippen LogP contribution in [0, 0.1) is 11.3 Å². The van der Waals surface area contributed by atoms with Crippen molar-refractivity contribution in [2.45, 2.75) is 13.3 Å². The van der Waals surface area contributed by atoms with Crippen LogP contribution in [-0.2, 0) is 6.42 Å². The van der Waals surface area contributed by atoms with Gasteiger partial charge in [0.25, 0.3) is 0 Å². The molecule has 0 saturated carbocycles. The second kappa shape index (κ2) is 6.27. The van der Waals surface area contributed by atoms with E-state index in [9.17, 15) is 5.11 Å². The van der Waals surface area contributed by atoms with E-state index in [1.165, 1.54) is 0 Å². The van der Waals surface area contributed by atoms with Crippen molar-refractivity contribution < 1.29 is 5.11 Å². The van der Waals surface area contributed by atoms with Crippen LogP contribution in [0.5, 0.6) is 0 Å². The lowest BCUT2D eigenvalue weighted by atomic mass is 9.96. The molecular weight excluding hydrogens is 270 g/mol. The lowest BCUT2D eigenvalue weighted by molar-refractivity contribution is 0.416. The number of halogens is 1. The number of nitrogens with zero attached hydrogens (tertiary/aromatic N) is 1. The van der Waals surface area contributed by atoms with E-state index in [2.05, 4.69) is 6.07 Å². The van der Waals surface area contributed by atoms with E-state index in [4.69, 9.17) is 16.9 Å². The maximum atomic E-state index is 9.92. The average Bonchev–Trinajstić information content (AvgIpc) is 2.46. The fourth-order valence-electron chi connectivity index (χ4n) is 2.02. The summed E-state index contributed by atoms with van der Waals surface area (Å²) >= 11 is 5.87. The highest BCUT2D eigenvalue weighted by molar-refractivity contribution is 6.30. The number of allylic oxidation sites excluding steroid dienone is 2. The molecule has 0 aliphatic heterocycles. The van der Waals surface area contributed by atoms with Gasteiger partial charge >= 0.3 is 0 Å². The molecule has 3 heteroatoms. The molecule has 20 heavy (non-hydrogen) atoms. The molecule has 0 saturated heterocycles. The predicted octanol–water partition coefficient (Wildman–Crippen LogP) is 4.74. The molecule has 1 N–H and O–H groups in total. The summed E-state index contributed by atoms with van der Waals surface area (Å²) in [7, 11) is 0. The summed E-state index contributed by atoms with van der Waals surface area (Å²) in [5.74, 6) is 0.259. The minimum atomic E-state index is 0.259. The van der Waals surface area contributed by atoms with Crippen molar-refractivity contribution in [1.82, 2.24) is 0 Å². The largest absolute Gasteiger partial charge is 0.512 e. The molecule has 0 aromatic heterocycles. The van der Waals surface area contributed by atoms with Crippen LogP contribution in [0.3, 0.4) is 0 Å². The van der Waals surface area contributed by atoms with E-state index in [0.29, 0.717) is 17.0 Å². The lowest BCUT2D eigenvalue weighted by Crippen LogP contribution is -1.95. The van der Waals surface area contributed by atoms with Crippen LogP contribution < -0.4 is 0 Å². The maximum absolute atomic E-state index is 9.92. The second-order valence-electron chi connectivity index (χ2n) is 4.56. The van der Waals surface area contributed by atoms with Gasteiger partial charge in [-0.15, -0.1) is 0 Å². The van der Waals surface area contributed by atoms with Crippen molar-refractivity contribution in [3.8, 4) is 6.07 Å². The van der Waals surface area contributed by atoms with Crippen LogP contribution in [0.25, 0.3) is 5.57 Å². The topological polar surface area (TPSA) is 44.0 Å². The van der Waals surface area contributed by atoms with E-state index >= 15 is 0 Å². The van der Waals surface area contributed by atoms with Gasteiger partial charge in [-0.3, -0.25) is 0 Å². The first-order chi connectivity index (χ1) is 9.60. The van der Waals surface area contributed by atoms with Gasteiger partial charge in [0.15, 0.2) is 0 Å². The summed E-state index contributed by atoms with van der Waals surface area (Å²) < 4.78 is 0. The molecule has 2 rings (SSSR count). The van der Waals surface area contributed by atoms with E-state index in [0.717, 1.165) is 16.7 Å². The maximum Gasteiger partial charge on any atom is 0.0991 e. The smallest absolute Gasteiger partial charge is 0.0991 e. The number of hydrogen-bond acceptors (Lipinski definition) is 2. The molecule has 0 spiro atoms. The number of rotatable bonds is 3. The molecule has 0 fully saturated rings. The zero-order valence-corrected chi connectivity index (χ0v) is 11.9. The Kier molecular flexibility index (Phi) is 4.45. The molecule has 0 radical (unpaired) electrons. The zero-order valence-electron chi connectivity index (χ0n) is 11.1. The third-order valence-corrected chi connectivity index (χ3v) is 3.32. The first-order valence-corrected chi connectivity index (χ1v) is 6.61. The van der Waals surface area contributed by atoms with E-state index in [1.54, 1.807) is 19.1 Å². The standard InChI is InChI=1S/C17H14ClNO/c1-12(20)17(10-13-5-7-16(18)8-6-13)15-4-2-3-14(9-15)11-19/h2-9,20H,10H2,1H3/b17-12-. The van der Waals surface area contributed by atoms with Gasteiger partial charge in [-0.05, 0) is 42.3 Å². The first-order valence-electron chi connectivity index (χ1n) is 6.24. The van der Waals surface area contributed by atoms with Gasteiger partial charge < -0.3 is 5.11 Å². The fourth-order valence-corrected chi connectivity index (χ4v) is 2.15. The van der Waals surface area contributed by atoms with Crippen molar-refractivity contribution in [3.63, 3.8) is 0 Å². The molecule has 0 heterocycles. The van der Waals surface area contributed by atoms with Gasteiger partial charge in [0.1, 0.15) is 0 Å². The Morgan fingerprint density at radius 1 is 1.20 bits per heavy atom. The molecule has 0 aliphatic rings. The minimum absolute atomic E-state index is 0.259. The summed E-state index contributed by atoms with van der Waals surface area (Å²) in [6, 6.07) is 16.9. The van der Waals surface area contributed by atoms with Gasteiger partial charge in [-0.1, -0.05) is 35.9 Å². The van der Waals surface area contributed by atoms with E-state index in [-0.39, 0.29) is 5.76 Å². The molecule has 0 unspecified atom stereocenters. The van der Waals surface area contributed by atoms with E-state index in [1.807, 2.05) is 36.4 Å². The van der Waals surface area contributed by atoms with Crippen LogP contribution in [0.1, 0.15) is 23.6 Å².